The minimum atomic E-state index is 0.646. The average Bonchev–Trinajstić information content (AvgIpc) is 3.11. The molecule has 0 bridgehead atoms. The fourth-order valence-electron chi connectivity index (χ4n) is 2.64. The van der Waals surface area contributed by atoms with Crippen LogP contribution in [0.15, 0.2) is 22.7 Å². The summed E-state index contributed by atoms with van der Waals surface area (Å²) >= 11 is 9.52. The van der Waals surface area contributed by atoms with Crippen molar-refractivity contribution in [3.05, 3.63) is 33.3 Å². The molecule has 1 aromatic rings. The molecule has 3 rings (SSSR count). The van der Waals surface area contributed by atoms with Crippen LogP contribution in [0.3, 0.4) is 0 Å². The third-order valence-electron chi connectivity index (χ3n) is 3.86. The molecule has 1 saturated heterocycles. The van der Waals surface area contributed by atoms with Crippen LogP contribution in [-0.4, -0.2) is 30.1 Å². The average molecular weight is 330 g/mol. The maximum atomic E-state index is 6.10. The summed E-state index contributed by atoms with van der Waals surface area (Å²) < 4.78 is 0.966. The van der Waals surface area contributed by atoms with Crippen molar-refractivity contribution in [3.63, 3.8) is 0 Å². The van der Waals surface area contributed by atoms with E-state index in [-0.39, 0.29) is 0 Å². The van der Waals surface area contributed by atoms with Crippen LogP contribution in [0, 0.1) is 0 Å². The zero-order valence-electron chi connectivity index (χ0n) is 10.3. The van der Waals surface area contributed by atoms with Gasteiger partial charge in [0.05, 0.1) is 5.02 Å². The molecule has 1 aliphatic heterocycles. The van der Waals surface area contributed by atoms with E-state index in [2.05, 4.69) is 32.2 Å². The number of hydrogen-bond donors (Lipinski definition) is 1. The van der Waals surface area contributed by atoms with Gasteiger partial charge >= 0.3 is 0 Å². The molecule has 0 spiro atoms. The molecule has 1 saturated carbocycles. The maximum absolute atomic E-state index is 6.10. The van der Waals surface area contributed by atoms with Crippen molar-refractivity contribution >= 4 is 27.5 Å². The van der Waals surface area contributed by atoms with E-state index in [1.54, 1.807) is 0 Å². The van der Waals surface area contributed by atoms with Crippen molar-refractivity contribution in [2.75, 3.05) is 13.1 Å². The minimum absolute atomic E-state index is 0.646. The molecule has 2 nitrogen and oxygen atoms in total. The zero-order valence-corrected chi connectivity index (χ0v) is 12.7. The van der Waals surface area contributed by atoms with Gasteiger partial charge in [0, 0.05) is 36.2 Å². The van der Waals surface area contributed by atoms with Crippen LogP contribution in [0.25, 0.3) is 0 Å². The molecule has 4 heteroatoms. The molecule has 1 heterocycles. The third-order valence-corrected chi connectivity index (χ3v) is 5.09. The molecule has 98 valence electrons. The number of nitrogens with one attached hydrogen (secondary N) is 1. The molecule has 2 fully saturated rings. The third kappa shape index (κ3) is 3.08. The molecule has 2 aliphatic rings. The summed E-state index contributed by atoms with van der Waals surface area (Å²) in [6.07, 6.45) is 4.10. The van der Waals surface area contributed by atoms with Gasteiger partial charge in [0.1, 0.15) is 0 Å². The first kappa shape index (κ1) is 12.9. The highest BCUT2D eigenvalue weighted by Crippen LogP contribution is 2.30. The Bertz CT molecular complexity index is 434. The summed E-state index contributed by atoms with van der Waals surface area (Å²) in [6, 6.07) is 7.72. The van der Waals surface area contributed by atoms with Crippen molar-refractivity contribution < 1.29 is 0 Å². The van der Waals surface area contributed by atoms with Crippen molar-refractivity contribution in [3.8, 4) is 0 Å². The Kier molecular flexibility index (Phi) is 3.94. The Morgan fingerprint density at radius 1 is 1.33 bits per heavy atom. The minimum Gasteiger partial charge on any atom is -0.309 e. The largest absolute Gasteiger partial charge is 0.309 e. The first-order valence-electron chi connectivity index (χ1n) is 6.64. The van der Waals surface area contributed by atoms with Crippen molar-refractivity contribution in [1.82, 2.24) is 10.2 Å². The summed E-state index contributed by atoms with van der Waals surface area (Å²) in [5.41, 5.74) is 1.26. The van der Waals surface area contributed by atoms with Crippen LogP contribution in [-0.2, 0) is 6.54 Å². The van der Waals surface area contributed by atoms with Crippen LogP contribution in [0.4, 0.5) is 0 Å². The van der Waals surface area contributed by atoms with Crippen molar-refractivity contribution in [1.29, 1.82) is 0 Å². The Balaban J connectivity index is 1.50. The number of halogens is 2. The number of benzene rings is 1. The highest BCUT2D eigenvalue weighted by atomic mass is 79.9. The monoisotopic (exact) mass is 328 g/mol. The first-order chi connectivity index (χ1) is 8.72. The molecular formula is C14H18BrClN2. The normalized spacial score (nSPS) is 24.7. The maximum Gasteiger partial charge on any atom is 0.0551 e. The van der Waals surface area contributed by atoms with E-state index in [1.165, 1.54) is 37.9 Å². The number of nitrogens with zero attached hydrogens (tertiary/aromatic N) is 1. The summed E-state index contributed by atoms with van der Waals surface area (Å²) in [5.74, 6) is 0. The number of likely N-dealkylation sites (tertiary alicyclic amines) is 1. The van der Waals surface area contributed by atoms with Gasteiger partial charge < -0.3 is 5.32 Å². The fraction of sp³-hybridized carbons (Fsp3) is 0.571. The Morgan fingerprint density at radius 3 is 2.89 bits per heavy atom. The highest BCUT2D eigenvalue weighted by molar-refractivity contribution is 9.10. The van der Waals surface area contributed by atoms with E-state index in [1.807, 2.05) is 12.1 Å². The Morgan fingerprint density at radius 2 is 2.17 bits per heavy atom. The van der Waals surface area contributed by atoms with Crippen LogP contribution in [0.1, 0.15) is 24.8 Å². The molecule has 0 aromatic heterocycles. The molecule has 0 amide bonds. The van der Waals surface area contributed by atoms with Gasteiger partial charge in [-0.25, -0.2) is 0 Å². The van der Waals surface area contributed by atoms with Crippen LogP contribution in [0.5, 0.6) is 0 Å². The van der Waals surface area contributed by atoms with Crippen LogP contribution < -0.4 is 5.32 Å². The smallest absolute Gasteiger partial charge is 0.0551 e. The lowest BCUT2D eigenvalue weighted by atomic mass is 10.2. The summed E-state index contributed by atoms with van der Waals surface area (Å²) in [4.78, 5) is 2.63. The quantitative estimate of drug-likeness (QED) is 0.910. The Labute approximate surface area is 122 Å². The predicted molar refractivity (Wildman–Crippen MR) is 79.0 cm³/mol. The van der Waals surface area contributed by atoms with Gasteiger partial charge in [-0.05, 0) is 52.9 Å². The van der Waals surface area contributed by atoms with E-state index in [0.29, 0.717) is 6.04 Å². The van der Waals surface area contributed by atoms with E-state index in [0.717, 1.165) is 22.1 Å². The van der Waals surface area contributed by atoms with Gasteiger partial charge in [-0.2, -0.15) is 0 Å². The van der Waals surface area contributed by atoms with Crippen LogP contribution in [0.2, 0.25) is 5.02 Å². The standard InChI is InChI=1S/C14H18BrClN2/c15-13-4-1-10(7-14(13)16)8-17-11-5-6-18(9-11)12-2-3-12/h1,4,7,11-12,17H,2-3,5-6,8-9H2. The van der Waals surface area contributed by atoms with Gasteiger partial charge in [0.25, 0.3) is 0 Å². The van der Waals surface area contributed by atoms with Gasteiger partial charge in [-0.1, -0.05) is 17.7 Å². The van der Waals surface area contributed by atoms with E-state index < -0.39 is 0 Å². The van der Waals surface area contributed by atoms with Gasteiger partial charge in [-0.15, -0.1) is 0 Å². The fourth-order valence-corrected chi connectivity index (χ4v) is 3.09. The second-order valence-electron chi connectivity index (χ2n) is 5.34. The SMILES string of the molecule is Clc1cc(CNC2CCN(C3CC3)C2)ccc1Br. The molecule has 1 aromatic carbocycles. The summed E-state index contributed by atoms with van der Waals surface area (Å²) in [7, 11) is 0. The second kappa shape index (κ2) is 5.49. The van der Waals surface area contributed by atoms with Gasteiger partial charge in [0.2, 0.25) is 0 Å². The molecular weight excluding hydrogens is 312 g/mol. The molecule has 1 aliphatic carbocycles. The highest BCUT2D eigenvalue weighted by Gasteiger charge is 2.33. The molecule has 1 unspecified atom stereocenters. The molecule has 18 heavy (non-hydrogen) atoms. The Hall–Kier alpha value is -0.0900. The summed E-state index contributed by atoms with van der Waals surface area (Å²) in [5, 5.41) is 4.43. The lowest BCUT2D eigenvalue weighted by Crippen LogP contribution is -2.32. The van der Waals surface area contributed by atoms with E-state index in [9.17, 15) is 0 Å². The van der Waals surface area contributed by atoms with Crippen molar-refractivity contribution in [2.24, 2.45) is 0 Å². The van der Waals surface area contributed by atoms with Gasteiger partial charge in [-0.3, -0.25) is 4.90 Å². The van der Waals surface area contributed by atoms with E-state index >= 15 is 0 Å². The predicted octanol–water partition coefficient (Wildman–Crippen LogP) is 3.43. The topological polar surface area (TPSA) is 15.3 Å². The zero-order chi connectivity index (χ0) is 12.5. The summed E-state index contributed by atoms with van der Waals surface area (Å²) in [6.45, 7) is 3.40. The van der Waals surface area contributed by atoms with Crippen LogP contribution >= 0.6 is 27.5 Å². The van der Waals surface area contributed by atoms with E-state index in [4.69, 9.17) is 11.6 Å². The van der Waals surface area contributed by atoms with Gasteiger partial charge in [0.15, 0.2) is 0 Å². The number of rotatable bonds is 4. The second-order valence-corrected chi connectivity index (χ2v) is 6.60. The van der Waals surface area contributed by atoms with Crippen molar-refractivity contribution in [2.45, 2.75) is 37.9 Å². The molecule has 0 radical (unpaired) electrons. The lowest BCUT2D eigenvalue weighted by Gasteiger charge is -2.16. The number of hydrogen-bond acceptors (Lipinski definition) is 2. The molecule has 1 atom stereocenters. The molecule has 1 N–H and O–H groups in total. The first-order valence-corrected chi connectivity index (χ1v) is 7.81. The lowest BCUT2D eigenvalue weighted by molar-refractivity contribution is 0.317.